The largest absolute Gasteiger partial charge is 0.336 e. The quantitative estimate of drug-likeness (QED) is 0.773. The summed E-state index contributed by atoms with van der Waals surface area (Å²) in [6.45, 7) is 1.87. The van der Waals surface area contributed by atoms with E-state index in [1.165, 1.54) is 0 Å². The maximum Gasteiger partial charge on any atom is 0.259 e. The van der Waals surface area contributed by atoms with Crippen molar-refractivity contribution in [1.29, 1.82) is 0 Å². The summed E-state index contributed by atoms with van der Waals surface area (Å²) in [6, 6.07) is 1.89. The molecule has 7 nitrogen and oxygen atoms in total. The van der Waals surface area contributed by atoms with Crippen LogP contribution in [0.15, 0.2) is 21.3 Å². The first-order chi connectivity index (χ1) is 10.2. The van der Waals surface area contributed by atoms with E-state index in [4.69, 9.17) is 14.8 Å². The fraction of sp³-hybridized carbons (Fsp3) is 0.429. The van der Waals surface area contributed by atoms with Crippen LogP contribution in [-0.4, -0.2) is 20.3 Å². The van der Waals surface area contributed by atoms with Crippen molar-refractivity contribution >= 4 is 23.5 Å². The summed E-state index contributed by atoms with van der Waals surface area (Å²) in [5.41, 5.74) is 7.92. The summed E-state index contributed by atoms with van der Waals surface area (Å²) in [6.07, 6.45) is 5.64. The molecule has 0 aromatic carbocycles. The van der Waals surface area contributed by atoms with Gasteiger partial charge in [0.1, 0.15) is 0 Å². The number of aromatic nitrogens is 4. The van der Waals surface area contributed by atoms with Crippen LogP contribution in [0.4, 0.5) is 0 Å². The Kier molecular flexibility index (Phi) is 3.62. The molecule has 0 atom stereocenters. The third-order valence-corrected chi connectivity index (χ3v) is 4.12. The first kappa shape index (κ1) is 14.9. The molecule has 0 aliphatic heterocycles. The third kappa shape index (κ3) is 2.26. The van der Waals surface area contributed by atoms with E-state index >= 15 is 0 Å². The average molecular weight is 322 g/mol. The van der Waals surface area contributed by atoms with Crippen molar-refractivity contribution in [3.63, 3.8) is 0 Å². The predicted octanol–water partition coefficient (Wildman–Crippen LogP) is 2.73. The average Bonchev–Trinajstić information content (AvgIpc) is 3.20. The molecule has 1 saturated carbocycles. The van der Waals surface area contributed by atoms with Gasteiger partial charge in [0.15, 0.2) is 5.82 Å². The molecule has 0 unspecified atom stereocenters. The minimum atomic E-state index is -0.452. The Labute approximate surface area is 132 Å². The van der Waals surface area contributed by atoms with Crippen LogP contribution in [0.1, 0.15) is 37.2 Å². The van der Waals surface area contributed by atoms with Gasteiger partial charge in [-0.2, -0.15) is 4.98 Å². The van der Waals surface area contributed by atoms with E-state index in [1.807, 2.05) is 13.0 Å². The molecule has 0 bridgehead atoms. The minimum absolute atomic E-state index is 0. The van der Waals surface area contributed by atoms with E-state index in [9.17, 15) is 0 Å². The number of nitrogens with two attached hydrogens (primary N) is 1. The zero-order valence-corrected chi connectivity index (χ0v) is 12.9. The van der Waals surface area contributed by atoms with Crippen molar-refractivity contribution in [2.45, 2.75) is 38.1 Å². The Morgan fingerprint density at radius 3 is 2.73 bits per heavy atom. The Bertz CT molecular complexity index is 807. The van der Waals surface area contributed by atoms with Crippen LogP contribution in [0, 0.1) is 6.92 Å². The highest BCUT2D eigenvalue weighted by molar-refractivity contribution is 5.85. The number of pyridine rings is 1. The van der Waals surface area contributed by atoms with Gasteiger partial charge in [-0.25, -0.2) is 4.98 Å². The van der Waals surface area contributed by atoms with Crippen LogP contribution in [0.25, 0.3) is 22.6 Å². The van der Waals surface area contributed by atoms with Crippen molar-refractivity contribution in [3.8, 4) is 11.5 Å². The first-order valence-corrected chi connectivity index (χ1v) is 7.01. The molecule has 1 aliphatic carbocycles. The van der Waals surface area contributed by atoms with Gasteiger partial charge in [0.2, 0.25) is 0 Å². The van der Waals surface area contributed by atoms with E-state index in [0.29, 0.717) is 17.4 Å². The fourth-order valence-electron chi connectivity index (χ4n) is 2.83. The molecule has 2 N–H and O–H groups in total. The SMILES string of the molecule is Cc1noc2ncc(-c3nc(C4(N)CCCC4)no3)cc12.Cl. The molecule has 3 aromatic rings. The first-order valence-electron chi connectivity index (χ1n) is 7.01. The molecule has 8 heteroatoms. The number of fused-ring (bicyclic) bond motifs is 1. The lowest BCUT2D eigenvalue weighted by molar-refractivity contribution is 0.372. The van der Waals surface area contributed by atoms with Crippen LogP contribution < -0.4 is 5.73 Å². The highest BCUT2D eigenvalue weighted by Gasteiger charge is 2.36. The van der Waals surface area contributed by atoms with Gasteiger partial charge in [-0.15, -0.1) is 12.4 Å². The van der Waals surface area contributed by atoms with Crippen LogP contribution in [0.3, 0.4) is 0 Å². The molecular formula is C14H16ClN5O2. The third-order valence-electron chi connectivity index (χ3n) is 4.12. The zero-order valence-electron chi connectivity index (χ0n) is 12.1. The molecule has 1 fully saturated rings. The second-order valence-electron chi connectivity index (χ2n) is 5.63. The number of halogens is 1. The second-order valence-corrected chi connectivity index (χ2v) is 5.63. The van der Waals surface area contributed by atoms with Crippen LogP contribution in [0.5, 0.6) is 0 Å². The van der Waals surface area contributed by atoms with E-state index in [0.717, 1.165) is 42.3 Å². The topological polar surface area (TPSA) is 104 Å². The Morgan fingerprint density at radius 2 is 1.95 bits per heavy atom. The van der Waals surface area contributed by atoms with Gasteiger partial charge in [0.05, 0.1) is 22.2 Å². The van der Waals surface area contributed by atoms with Crippen molar-refractivity contribution in [1.82, 2.24) is 20.3 Å². The van der Waals surface area contributed by atoms with Gasteiger partial charge in [-0.3, -0.25) is 0 Å². The molecule has 3 aromatic heterocycles. The highest BCUT2D eigenvalue weighted by Crippen LogP contribution is 2.35. The molecule has 1 aliphatic rings. The van der Waals surface area contributed by atoms with Gasteiger partial charge in [-0.05, 0) is 25.8 Å². The number of hydrogen-bond donors (Lipinski definition) is 1. The monoisotopic (exact) mass is 321 g/mol. The maximum atomic E-state index is 6.34. The lowest BCUT2D eigenvalue weighted by Gasteiger charge is -2.17. The summed E-state index contributed by atoms with van der Waals surface area (Å²) in [5.74, 6) is 1.01. The molecule has 0 radical (unpaired) electrons. The van der Waals surface area contributed by atoms with Gasteiger partial charge >= 0.3 is 0 Å². The highest BCUT2D eigenvalue weighted by atomic mass is 35.5. The summed E-state index contributed by atoms with van der Waals surface area (Å²) in [5, 5.41) is 8.79. The van der Waals surface area contributed by atoms with E-state index < -0.39 is 5.54 Å². The summed E-state index contributed by atoms with van der Waals surface area (Å²) < 4.78 is 10.5. The fourth-order valence-corrected chi connectivity index (χ4v) is 2.83. The van der Waals surface area contributed by atoms with Crippen LogP contribution in [-0.2, 0) is 5.54 Å². The Morgan fingerprint density at radius 1 is 1.18 bits per heavy atom. The number of nitrogens with zero attached hydrogens (tertiary/aromatic N) is 4. The number of rotatable bonds is 2. The van der Waals surface area contributed by atoms with Gasteiger partial charge in [0, 0.05) is 6.20 Å². The lowest BCUT2D eigenvalue weighted by atomic mass is 9.99. The lowest BCUT2D eigenvalue weighted by Crippen LogP contribution is -2.34. The Hall–Kier alpha value is -1.99. The van der Waals surface area contributed by atoms with Gasteiger partial charge in [0.25, 0.3) is 11.6 Å². The van der Waals surface area contributed by atoms with Gasteiger partial charge < -0.3 is 14.8 Å². The zero-order chi connectivity index (χ0) is 14.4. The molecule has 0 amide bonds. The molecule has 0 spiro atoms. The van der Waals surface area contributed by atoms with E-state index in [1.54, 1.807) is 6.20 Å². The molecule has 22 heavy (non-hydrogen) atoms. The molecular weight excluding hydrogens is 306 g/mol. The second kappa shape index (κ2) is 5.33. The van der Waals surface area contributed by atoms with E-state index in [2.05, 4.69) is 20.3 Å². The minimum Gasteiger partial charge on any atom is -0.336 e. The summed E-state index contributed by atoms with van der Waals surface area (Å²) in [4.78, 5) is 8.68. The normalized spacial score (nSPS) is 16.8. The molecule has 116 valence electrons. The number of hydrogen-bond acceptors (Lipinski definition) is 7. The van der Waals surface area contributed by atoms with Crippen LogP contribution >= 0.6 is 12.4 Å². The summed E-state index contributed by atoms with van der Waals surface area (Å²) in [7, 11) is 0. The maximum absolute atomic E-state index is 6.34. The van der Waals surface area contributed by atoms with Gasteiger partial charge in [-0.1, -0.05) is 23.2 Å². The standard InChI is InChI=1S/C14H15N5O2.ClH/c1-8-10-6-9(7-16-12(10)21-18-8)11-17-13(19-20-11)14(15)4-2-3-5-14;/h6-7H,2-5,15H2,1H3;1H. The number of aryl methyl sites for hydroxylation is 1. The molecule has 4 rings (SSSR count). The van der Waals surface area contributed by atoms with Crippen molar-refractivity contribution in [2.24, 2.45) is 5.73 Å². The molecule has 3 heterocycles. The summed E-state index contributed by atoms with van der Waals surface area (Å²) >= 11 is 0. The van der Waals surface area contributed by atoms with Crippen molar-refractivity contribution < 1.29 is 9.05 Å². The van der Waals surface area contributed by atoms with E-state index in [-0.39, 0.29) is 12.4 Å². The predicted molar refractivity (Wildman–Crippen MR) is 81.4 cm³/mol. The smallest absolute Gasteiger partial charge is 0.259 e. The molecule has 0 saturated heterocycles. The van der Waals surface area contributed by atoms with Crippen molar-refractivity contribution in [2.75, 3.05) is 0 Å². The Balaban J connectivity index is 0.00000144. The van der Waals surface area contributed by atoms with Crippen LogP contribution in [0.2, 0.25) is 0 Å². The van der Waals surface area contributed by atoms with Crippen molar-refractivity contribution in [3.05, 3.63) is 23.8 Å².